The molecule has 0 spiro atoms. The standard InChI is InChI=1S/C20H21N3O2S/c1-12-7-4-5-10-15(12)21-17(24)11-16-19(25)23-20(26-16)22-18-13(2)8-6-9-14(18)3/h4-10,16H,11H2,1-3H3,(H,21,24)(H,22,23,25)/t16-/m1/s1. The van der Waals surface area contributed by atoms with E-state index in [1.165, 1.54) is 11.8 Å². The van der Waals surface area contributed by atoms with Crippen LogP contribution in [-0.4, -0.2) is 22.2 Å². The summed E-state index contributed by atoms with van der Waals surface area (Å²) in [7, 11) is 0. The van der Waals surface area contributed by atoms with E-state index in [0.717, 1.165) is 28.1 Å². The monoisotopic (exact) mass is 367 g/mol. The van der Waals surface area contributed by atoms with Gasteiger partial charge in [0, 0.05) is 12.1 Å². The molecule has 0 bridgehead atoms. The molecule has 1 atom stereocenters. The molecule has 2 aromatic carbocycles. The Morgan fingerprint density at radius 2 is 1.73 bits per heavy atom. The Kier molecular flexibility index (Phi) is 5.42. The minimum Gasteiger partial charge on any atom is -0.326 e. The van der Waals surface area contributed by atoms with E-state index in [1.54, 1.807) is 0 Å². The zero-order valence-electron chi connectivity index (χ0n) is 15.0. The first kappa shape index (κ1) is 18.2. The van der Waals surface area contributed by atoms with Crippen molar-refractivity contribution in [1.82, 2.24) is 5.32 Å². The lowest BCUT2D eigenvalue weighted by molar-refractivity contribution is -0.122. The molecule has 0 aliphatic carbocycles. The van der Waals surface area contributed by atoms with Crippen molar-refractivity contribution in [2.24, 2.45) is 4.99 Å². The third-order valence-electron chi connectivity index (χ3n) is 4.22. The van der Waals surface area contributed by atoms with Crippen LogP contribution in [0.25, 0.3) is 0 Å². The van der Waals surface area contributed by atoms with Crippen LogP contribution in [0.2, 0.25) is 0 Å². The predicted molar refractivity (Wildman–Crippen MR) is 107 cm³/mol. The van der Waals surface area contributed by atoms with Gasteiger partial charge in [0.05, 0.1) is 5.69 Å². The zero-order chi connectivity index (χ0) is 18.7. The van der Waals surface area contributed by atoms with E-state index in [1.807, 2.05) is 63.2 Å². The molecular formula is C20H21N3O2S. The van der Waals surface area contributed by atoms with E-state index >= 15 is 0 Å². The smallest absolute Gasteiger partial charge is 0.240 e. The van der Waals surface area contributed by atoms with Gasteiger partial charge in [-0.05, 0) is 43.5 Å². The summed E-state index contributed by atoms with van der Waals surface area (Å²) in [4.78, 5) is 29.1. The molecule has 2 N–H and O–H groups in total. The number of benzene rings is 2. The minimum atomic E-state index is -0.470. The summed E-state index contributed by atoms with van der Waals surface area (Å²) < 4.78 is 0. The number of nitrogens with one attached hydrogen (secondary N) is 2. The second kappa shape index (κ2) is 7.74. The molecule has 1 aliphatic rings. The second-order valence-electron chi connectivity index (χ2n) is 6.32. The molecule has 3 rings (SSSR count). The van der Waals surface area contributed by atoms with Crippen molar-refractivity contribution in [3.63, 3.8) is 0 Å². The zero-order valence-corrected chi connectivity index (χ0v) is 15.8. The summed E-state index contributed by atoms with van der Waals surface area (Å²) >= 11 is 1.30. The maximum Gasteiger partial charge on any atom is 0.240 e. The molecule has 1 saturated heterocycles. The van der Waals surface area contributed by atoms with Gasteiger partial charge in [-0.2, -0.15) is 0 Å². The fourth-order valence-electron chi connectivity index (χ4n) is 2.76. The minimum absolute atomic E-state index is 0.108. The van der Waals surface area contributed by atoms with E-state index in [9.17, 15) is 9.59 Å². The topological polar surface area (TPSA) is 70.6 Å². The summed E-state index contributed by atoms with van der Waals surface area (Å²) in [5, 5.41) is 5.72. The van der Waals surface area contributed by atoms with Crippen LogP contribution in [0, 0.1) is 20.8 Å². The second-order valence-corrected chi connectivity index (χ2v) is 7.51. The Morgan fingerprint density at radius 3 is 2.42 bits per heavy atom. The molecule has 26 heavy (non-hydrogen) atoms. The first-order valence-corrected chi connectivity index (χ1v) is 9.30. The molecule has 1 fully saturated rings. The number of hydrogen-bond donors (Lipinski definition) is 2. The van der Waals surface area contributed by atoms with E-state index in [0.29, 0.717) is 5.17 Å². The molecule has 0 radical (unpaired) electrons. The lowest BCUT2D eigenvalue weighted by Gasteiger charge is -2.09. The highest BCUT2D eigenvalue weighted by molar-refractivity contribution is 8.15. The lowest BCUT2D eigenvalue weighted by atomic mass is 10.1. The van der Waals surface area contributed by atoms with Crippen LogP contribution in [0.15, 0.2) is 47.5 Å². The average molecular weight is 367 g/mol. The molecule has 2 amide bonds. The van der Waals surface area contributed by atoms with Crippen LogP contribution < -0.4 is 10.6 Å². The highest BCUT2D eigenvalue weighted by Gasteiger charge is 2.32. The third-order valence-corrected chi connectivity index (χ3v) is 5.30. The molecule has 0 aromatic heterocycles. The van der Waals surface area contributed by atoms with Crippen molar-refractivity contribution in [3.8, 4) is 0 Å². The maximum absolute atomic E-state index is 12.3. The van der Waals surface area contributed by atoms with Crippen molar-refractivity contribution in [2.45, 2.75) is 32.4 Å². The number of nitrogens with zero attached hydrogens (tertiary/aromatic N) is 1. The molecule has 1 heterocycles. The van der Waals surface area contributed by atoms with Crippen LogP contribution in [0.1, 0.15) is 23.1 Å². The molecule has 1 aliphatic heterocycles. The summed E-state index contributed by atoms with van der Waals surface area (Å²) in [6.07, 6.45) is 0.108. The molecule has 0 unspecified atom stereocenters. The van der Waals surface area contributed by atoms with E-state index in [2.05, 4.69) is 15.6 Å². The number of para-hydroxylation sites is 2. The van der Waals surface area contributed by atoms with E-state index in [-0.39, 0.29) is 18.2 Å². The quantitative estimate of drug-likeness (QED) is 0.862. The van der Waals surface area contributed by atoms with Crippen molar-refractivity contribution in [1.29, 1.82) is 0 Å². The van der Waals surface area contributed by atoms with Crippen LogP contribution in [-0.2, 0) is 9.59 Å². The lowest BCUT2D eigenvalue weighted by Crippen LogP contribution is -2.28. The number of thioether (sulfide) groups is 1. The number of rotatable bonds is 4. The van der Waals surface area contributed by atoms with Crippen molar-refractivity contribution in [2.75, 3.05) is 5.32 Å². The van der Waals surface area contributed by atoms with Gasteiger partial charge in [-0.1, -0.05) is 48.2 Å². The predicted octanol–water partition coefficient (Wildman–Crippen LogP) is 3.86. The van der Waals surface area contributed by atoms with Crippen molar-refractivity contribution < 1.29 is 9.59 Å². The molecule has 6 heteroatoms. The summed E-state index contributed by atoms with van der Waals surface area (Å²) in [6.45, 7) is 5.91. The summed E-state index contributed by atoms with van der Waals surface area (Å²) in [5.74, 6) is -0.361. The van der Waals surface area contributed by atoms with Crippen LogP contribution in [0.3, 0.4) is 0 Å². The average Bonchev–Trinajstić information content (AvgIpc) is 2.93. The number of anilines is 1. The first-order chi connectivity index (χ1) is 12.4. The van der Waals surface area contributed by atoms with Gasteiger partial charge < -0.3 is 10.6 Å². The number of carbonyl (C=O) groups excluding carboxylic acids is 2. The Hall–Kier alpha value is -2.60. The number of amides is 2. The molecule has 5 nitrogen and oxygen atoms in total. The van der Waals surface area contributed by atoms with E-state index < -0.39 is 5.25 Å². The van der Waals surface area contributed by atoms with Gasteiger partial charge in [-0.15, -0.1) is 0 Å². The van der Waals surface area contributed by atoms with Gasteiger partial charge in [0.25, 0.3) is 0 Å². The fraction of sp³-hybridized carbons (Fsp3) is 0.250. The van der Waals surface area contributed by atoms with Crippen molar-refractivity contribution >= 4 is 40.1 Å². The highest BCUT2D eigenvalue weighted by atomic mass is 32.2. The van der Waals surface area contributed by atoms with E-state index in [4.69, 9.17) is 0 Å². The number of hydrogen-bond acceptors (Lipinski definition) is 4. The molecular weight excluding hydrogens is 346 g/mol. The van der Waals surface area contributed by atoms with Gasteiger partial charge >= 0.3 is 0 Å². The molecule has 0 saturated carbocycles. The first-order valence-electron chi connectivity index (χ1n) is 8.42. The van der Waals surface area contributed by atoms with Gasteiger partial charge in [0.15, 0.2) is 5.17 Å². The number of amidine groups is 1. The number of aryl methyl sites for hydroxylation is 3. The van der Waals surface area contributed by atoms with Crippen molar-refractivity contribution in [3.05, 3.63) is 59.2 Å². The highest BCUT2D eigenvalue weighted by Crippen LogP contribution is 2.29. The van der Waals surface area contributed by atoms with Crippen LogP contribution in [0.4, 0.5) is 11.4 Å². The number of aliphatic imine (C=N–C) groups is 1. The summed E-state index contributed by atoms with van der Waals surface area (Å²) in [6, 6.07) is 13.5. The van der Waals surface area contributed by atoms with Gasteiger partial charge in [0.2, 0.25) is 11.8 Å². The van der Waals surface area contributed by atoms with Gasteiger partial charge in [-0.25, -0.2) is 4.99 Å². The SMILES string of the molecule is Cc1ccccc1NC(=O)C[C@H]1SC(=Nc2c(C)cccc2C)NC1=O. The largest absolute Gasteiger partial charge is 0.326 e. The molecule has 134 valence electrons. The Balaban J connectivity index is 1.67. The van der Waals surface area contributed by atoms with Crippen LogP contribution in [0.5, 0.6) is 0 Å². The van der Waals surface area contributed by atoms with Gasteiger partial charge in [0.1, 0.15) is 5.25 Å². The molecule has 2 aromatic rings. The Morgan fingerprint density at radius 1 is 1.08 bits per heavy atom. The maximum atomic E-state index is 12.3. The summed E-state index contributed by atoms with van der Waals surface area (Å²) in [5.41, 5.74) is 4.72. The Bertz CT molecular complexity index is 872. The Labute approximate surface area is 157 Å². The third kappa shape index (κ3) is 4.14. The normalized spacial score (nSPS) is 18.0. The van der Waals surface area contributed by atoms with Crippen LogP contribution >= 0.6 is 11.8 Å². The fourth-order valence-corrected chi connectivity index (χ4v) is 3.73. The number of carbonyl (C=O) groups is 2. The van der Waals surface area contributed by atoms with Gasteiger partial charge in [-0.3, -0.25) is 9.59 Å².